The zero-order valence-corrected chi connectivity index (χ0v) is 11.3. The lowest BCUT2D eigenvalue weighted by molar-refractivity contribution is 0.176. The van der Waals surface area contributed by atoms with Gasteiger partial charge in [-0.3, -0.25) is 0 Å². The standard InChI is InChI=1S/C14H17FO2S/c1-3-9(2)18-8-12(16)13-7-10-5-4-6-11(15)14(10)17-13/h4-7,9,12,16H,3,8H2,1-2H3. The average Bonchev–Trinajstić information content (AvgIpc) is 2.81. The molecule has 0 spiro atoms. The van der Waals surface area contributed by atoms with Gasteiger partial charge in [0, 0.05) is 16.4 Å². The van der Waals surface area contributed by atoms with Crippen LogP contribution in [0.2, 0.25) is 0 Å². The Morgan fingerprint density at radius 1 is 1.44 bits per heavy atom. The maximum Gasteiger partial charge on any atom is 0.170 e. The molecule has 98 valence electrons. The second-order valence-electron chi connectivity index (χ2n) is 4.37. The molecule has 4 heteroatoms. The fraction of sp³-hybridized carbons (Fsp3) is 0.429. The Morgan fingerprint density at radius 2 is 2.22 bits per heavy atom. The van der Waals surface area contributed by atoms with Crippen molar-refractivity contribution >= 4 is 22.7 Å². The smallest absolute Gasteiger partial charge is 0.170 e. The minimum absolute atomic E-state index is 0.222. The van der Waals surface area contributed by atoms with Gasteiger partial charge in [-0.05, 0) is 18.6 Å². The lowest BCUT2D eigenvalue weighted by atomic mass is 10.2. The highest BCUT2D eigenvalue weighted by molar-refractivity contribution is 7.99. The van der Waals surface area contributed by atoms with Gasteiger partial charge in [-0.1, -0.05) is 26.0 Å². The molecule has 0 amide bonds. The Balaban J connectivity index is 2.13. The van der Waals surface area contributed by atoms with Crippen molar-refractivity contribution in [1.82, 2.24) is 0 Å². The number of aliphatic hydroxyl groups excluding tert-OH is 1. The van der Waals surface area contributed by atoms with Crippen LogP contribution in [0.15, 0.2) is 28.7 Å². The molecule has 1 heterocycles. The number of fused-ring (bicyclic) bond motifs is 1. The quantitative estimate of drug-likeness (QED) is 0.885. The van der Waals surface area contributed by atoms with Crippen molar-refractivity contribution < 1.29 is 13.9 Å². The number of hydrogen-bond acceptors (Lipinski definition) is 3. The van der Waals surface area contributed by atoms with E-state index in [4.69, 9.17) is 4.42 Å². The third-order valence-corrected chi connectivity index (χ3v) is 4.37. The molecule has 1 aromatic heterocycles. The summed E-state index contributed by atoms with van der Waals surface area (Å²) in [6.07, 6.45) is 0.377. The van der Waals surface area contributed by atoms with E-state index in [2.05, 4.69) is 13.8 Å². The predicted molar refractivity (Wildman–Crippen MR) is 73.3 cm³/mol. The molecule has 0 aliphatic carbocycles. The zero-order valence-electron chi connectivity index (χ0n) is 10.5. The van der Waals surface area contributed by atoms with Gasteiger partial charge < -0.3 is 9.52 Å². The van der Waals surface area contributed by atoms with Gasteiger partial charge in [-0.2, -0.15) is 11.8 Å². The summed E-state index contributed by atoms with van der Waals surface area (Å²) < 4.78 is 18.8. The maximum atomic E-state index is 13.5. The van der Waals surface area contributed by atoms with E-state index in [1.54, 1.807) is 30.0 Å². The Labute approximate surface area is 110 Å². The van der Waals surface area contributed by atoms with Gasteiger partial charge in [0.05, 0.1) is 0 Å². The van der Waals surface area contributed by atoms with E-state index in [-0.39, 0.29) is 11.4 Å². The van der Waals surface area contributed by atoms with E-state index in [0.29, 0.717) is 22.1 Å². The Hall–Kier alpha value is -1.00. The highest BCUT2D eigenvalue weighted by Gasteiger charge is 2.16. The lowest BCUT2D eigenvalue weighted by Crippen LogP contribution is -2.03. The van der Waals surface area contributed by atoms with E-state index >= 15 is 0 Å². The van der Waals surface area contributed by atoms with Gasteiger partial charge in [-0.25, -0.2) is 4.39 Å². The molecular formula is C14H17FO2S. The second-order valence-corrected chi connectivity index (χ2v) is 5.85. The molecule has 0 bridgehead atoms. The summed E-state index contributed by atoms with van der Waals surface area (Å²) in [6, 6.07) is 6.48. The number of rotatable bonds is 5. The number of benzene rings is 1. The van der Waals surface area contributed by atoms with Crippen molar-refractivity contribution in [2.24, 2.45) is 0 Å². The Bertz CT molecular complexity index is 523. The first-order chi connectivity index (χ1) is 8.61. The van der Waals surface area contributed by atoms with Crippen LogP contribution in [-0.4, -0.2) is 16.1 Å². The summed E-state index contributed by atoms with van der Waals surface area (Å²) in [5.74, 6) is 0.614. The molecule has 0 aliphatic rings. The van der Waals surface area contributed by atoms with Crippen molar-refractivity contribution in [2.45, 2.75) is 31.6 Å². The number of aliphatic hydroxyl groups is 1. The van der Waals surface area contributed by atoms with E-state index in [1.807, 2.05) is 0 Å². The van der Waals surface area contributed by atoms with Crippen molar-refractivity contribution in [1.29, 1.82) is 0 Å². The molecule has 2 atom stereocenters. The Morgan fingerprint density at radius 3 is 2.89 bits per heavy atom. The monoisotopic (exact) mass is 268 g/mol. The van der Waals surface area contributed by atoms with E-state index in [0.717, 1.165) is 6.42 Å². The van der Waals surface area contributed by atoms with Crippen LogP contribution in [0.3, 0.4) is 0 Å². The van der Waals surface area contributed by atoms with Gasteiger partial charge in [0.2, 0.25) is 0 Å². The van der Waals surface area contributed by atoms with Crippen LogP contribution in [0, 0.1) is 5.82 Å². The summed E-state index contributed by atoms with van der Waals surface area (Å²) in [6.45, 7) is 4.23. The molecule has 1 N–H and O–H groups in total. The van der Waals surface area contributed by atoms with Crippen LogP contribution < -0.4 is 0 Å². The first kappa shape index (κ1) is 13.4. The van der Waals surface area contributed by atoms with E-state index in [1.165, 1.54) is 6.07 Å². The number of thioether (sulfide) groups is 1. The van der Waals surface area contributed by atoms with Gasteiger partial charge in [0.1, 0.15) is 11.9 Å². The number of para-hydroxylation sites is 1. The maximum absolute atomic E-state index is 13.5. The summed E-state index contributed by atoms with van der Waals surface area (Å²) in [4.78, 5) is 0. The van der Waals surface area contributed by atoms with Crippen molar-refractivity contribution in [3.63, 3.8) is 0 Å². The molecule has 2 unspecified atom stereocenters. The van der Waals surface area contributed by atoms with Crippen LogP contribution in [0.4, 0.5) is 4.39 Å². The normalized spacial score (nSPS) is 14.9. The summed E-state index contributed by atoms with van der Waals surface area (Å²) in [5.41, 5.74) is 0.222. The highest BCUT2D eigenvalue weighted by atomic mass is 32.2. The summed E-state index contributed by atoms with van der Waals surface area (Å²) >= 11 is 1.69. The molecule has 2 rings (SSSR count). The topological polar surface area (TPSA) is 33.4 Å². The van der Waals surface area contributed by atoms with Gasteiger partial charge in [-0.15, -0.1) is 0 Å². The largest absolute Gasteiger partial charge is 0.455 e. The third kappa shape index (κ3) is 2.87. The van der Waals surface area contributed by atoms with Gasteiger partial charge in [0.15, 0.2) is 11.4 Å². The summed E-state index contributed by atoms with van der Waals surface area (Å²) in [7, 11) is 0. The first-order valence-electron chi connectivity index (χ1n) is 6.09. The summed E-state index contributed by atoms with van der Waals surface area (Å²) in [5, 5.41) is 11.2. The molecule has 2 aromatic rings. The third-order valence-electron chi connectivity index (χ3n) is 2.96. The van der Waals surface area contributed by atoms with Crippen molar-refractivity contribution in [3.8, 4) is 0 Å². The molecule has 0 saturated carbocycles. The minimum Gasteiger partial charge on any atom is -0.455 e. The lowest BCUT2D eigenvalue weighted by Gasteiger charge is -2.11. The Kier molecular flexibility index (Phi) is 4.30. The van der Waals surface area contributed by atoms with Crippen molar-refractivity contribution in [3.05, 3.63) is 35.8 Å². The molecule has 0 saturated heterocycles. The average molecular weight is 268 g/mol. The molecule has 18 heavy (non-hydrogen) atoms. The molecule has 0 radical (unpaired) electrons. The number of hydrogen-bond donors (Lipinski definition) is 1. The predicted octanol–water partition coefficient (Wildman–Crippen LogP) is 4.14. The zero-order chi connectivity index (χ0) is 13.1. The minimum atomic E-state index is -0.684. The molecule has 2 nitrogen and oxygen atoms in total. The van der Waals surface area contributed by atoms with Gasteiger partial charge in [0.25, 0.3) is 0 Å². The fourth-order valence-corrected chi connectivity index (χ4v) is 2.58. The van der Waals surface area contributed by atoms with Gasteiger partial charge >= 0.3 is 0 Å². The first-order valence-corrected chi connectivity index (χ1v) is 7.14. The second kappa shape index (κ2) is 5.76. The van der Waals surface area contributed by atoms with Crippen LogP contribution in [0.5, 0.6) is 0 Å². The number of furan rings is 1. The molecule has 1 aromatic carbocycles. The van der Waals surface area contributed by atoms with Crippen LogP contribution in [0.1, 0.15) is 32.1 Å². The van der Waals surface area contributed by atoms with Crippen LogP contribution in [0.25, 0.3) is 11.0 Å². The molecular weight excluding hydrogens is 251 g/mol. The molecule has 0 fully saturated rings. The fourth-order valence-electron chi connectivity index (χ4n) is 1.67. The molecule has 0 aliphatic heterocycles. The highest BCUT2D eigenvalue weighted by Crippen LogP contribution is 2.28. The SMILES string of the molecule is CCC(C)SCC(O)c1cc2cccc(F)c2o1. The van der Waals surface area contributed by atoms with Crippen LogP contribution >= 0.6 is 11.8 Å². The van der Waals surface area contributed by atoms with Crippen molar-refractivity contribution in [2.75, 3.05) is 5.75 Å². The van der Waals surface area contributed by atoms with Crippen LogP contribution in [-0.2, 0) is 0 Å². The van der Waals surface area contributed by atoms with E-state index in [9.17, 15) is 9.50 Å². The van der Waals surface area contributed by atoms with E-state index < -0.39 is 6.10 Å². The number of halogens is 1.